The van der Waals surface area contributed by atoms with Crippen molar-refractivity contribution in [3.8, 4) is 0 Å². The van der Waals surface area contributed by atoms with Crippen LogP contribution < -0.4 is 4.72 Å². The van der Waals surface area contributed by atoms with Crippen molar-refractivity contribution in [1.29, 1.82) is 0 Å². The lowest BCUT2D eigenvalue weighted by molar-refractivity contribution is 0.242. The summed E-state index contributed by atoms with van der Waals surface area (Å²) < 4.78 is 27.6. The molecule has 0 saturated carbocycles. The molecule has 0 aliphatic heterocycles. The highest BCUT2D eigenvalue weighted by Gasteiger charge is 2.24. The fraction of sp³-hybridized carbons (Fsp3) is 0.600. The topological polar surface area (TPSA) is 69.6 Å². The van der Waals surface area contributed by atoms with E-state index in [9.17, 15) is 13.5 Å². The van der Waals surface area contributed by atoms with Crippen LogP contribution in [0.1, 0.15) is 25.0 Å². The van der Waals surface area contributed by atoms with Crippen molar-refractivity contribution in [2.24, 2.45) is 5.41 Å². The molecule has 0 aliphatic carbocycles. The minimum absolute atomic E-state index is 0.165. The number of sulfonamides is 1. The Hall–Kier alpha value is -0.950. The summed E-state index contributed by atoms with van der Waals surface area (Å²) in [6.07, 6.45) is 0. The zero-order chi connectivity index (χ0) is 16.3. The van der Waals surface area contributed by atoms with E-state index >= 15 is 0 Å². The molecule has 0 fully saturated rings. The summed E-state index contributed by atoms with van der Waals surface area (Å²) in [5.41, 5.74) is 1.06. The van der Waals surface area contributed by atoms with E-state index in [-0.39, 0.29) is 16.9 Å². The molecular weight excluding hydrogens is 288 g/mol. The zero-order valence-corrected chi connectivity index (χ0v) is 14.3. The van der Waals surface area contributed by atoms with Crippen molar-refractivity contribution in [3.05, 3.63) is 29.3 Å². The molecule has 120 valence electrons. The van der Waals surface area contributed by atoms with Crippen LogP contribution in [-0.4, -0.2) is 45.6 Å². The standard InChI is InChI=1S/C15H26N2O3S/c1-12-13(9-18)7-6-8-14(12)21(19,20)16-10-15(2,3)11-17(4)5/h6-8,16,18H,9-11H2,1-5H3. The van der Waals surface area contributed by atoms with E-state index in [1.165, 1.54) is 0 Å². The van der Waals surface area contributed by atoms with Crippen molar-refractivity contribution >= 4 is 10.0 Å². The van der Waals surface area contributed by atoms with E-state index in [1.54, 1.807) is 25.1 Å². The van der Waals surface area contributed by atoms with Crippen LogP contribution in [0.15, 0.2) is 23.1 Å². The second kappa shape index (κ2) is 6.87. The molecule has 1 aromatic rings. The van der Waals surface area contributed by atoms with E-state index in [4.69, 9.17) is 0 Å². The van der Waals surface area contributed by atoms with Crippen LogP contribution in [0.2, 0.25) is 0 Å². The highest BCUT2D eigenvalue weighted by molar-refractivity contribution is 7.89. The summed E-state index contributed by atoms with van der Waals surface area (Å²) in [6, 6.07) is 4.94. The minimum Gasteiger partial charge on any atom is -0.392 e. The van der Waals surface area contributed by atoms with Gasteiger partial charge in [0.1, 0.15) is 0 Å². The summed E-state index contributed by atoms with van der Waals surface area (Å²) in [5.74, 6) is 0. The Morgan fingerprint density at radius 1 is 1.29 bits per heavy atom. The lowest BCUT2D eigenvalue weighted by atomic mass is 9.93. The third-order valence-corrected chi connectivity index (χ3v) is 4.89. The summed E-state index contributed by atoms with van der Waals surface area (Å²) in [7, 11) is 0.355. The molecule has 0 radical (unpaired) electrons. The summed E-state index contributed by atoms with van der Waals surface area (Å²) >= 11 is 0. The molecule has 0 amide bonds. The average molecular weight is 314 g/mol. The highest BCUT2D eigenvalue weighted by Crippen LogP contribution is 2.21. The molecule has 0 unspecified atom stereocenters. The Morgan fingerprint density at radius 2 is 1.90 bits per heavy atom. The van der Waals surface area contributed by atoms with Crippen LogP contribution in [-0.2, 0) is 16.6 Å². The zero-order valence-electron chi connectivity index (χ0n) is 13.5. The molecule has 6 heteroatoms. The fourth-order valence-electron chi connectivity index (χ4n) is 2.40. The molecule has 0 spiro atoms. The molecule has 0 atom stereocenters. The fourth-order valence-corrected chi connectivity index (χ4v) is 3.93. The Labute approximate surface area is 128 Å². The number of rotatable bonds is 7. The molecule has 1 aromatic carbocycles. The van der Waals surface area contributed by atoms with Crippen LogP contribution in [0.5, 0.6) is 0 Å². The van der Waals surface area contributed by atoms with Crippen molar-refractivity contribution in [2.45, 2.75) is 32.3 Å². The predicted octanol–water partition coefficient (Wildman–Crippen LogP) is 1.35. The van der Waals surface area contributed by atoms with Crippen LogP contribution in [0.3, 0.4) is 0 Å². The maximum atomic E-state index is 12.4. The van der Waals surface area contributed by atoms with Crippen LogP contribution in [0.25, 0.3) is 0 Å². The maximum Gasteiger partial charge on any atom is 0.240 e. The SMILES string of the molecule is Cc1c(CO)cccc1S(=O)(=O)NCC(C)(C)CN(C)C. The number of nitrogens with zero attached hydrogens (tertiary/aromatic N) is 1. The number of nitrogens with one attached hydrogen (secondary N) is 1. The first-order valence-corrected chi connectivity index (χ1v) is 8.41. The molecule has 0 saturated heterocycles. The largest absolute Gasteiger partial charge is 0.392 e. The molecule has 0 bridgehead atoms. The normalized spacial score (nSPS) is 12.9. The smallest absolute Gasteiger partial charge is 0.240 e. The van der Waals surface area contributed by atoms with Gasteiger partial charge in [0.15, 0.2) is 0 Å². The van der Waals surface area contributed by atoms with E-state index in [0.717, 1.165) is 6.54 Å². The molecule has 0 heterocycles. The van der Waals surface area contributed by atoms with Gasteiger partial charge in [-0.2, -0.15) is 0 Å². The Balaban J connectivity index is 2.93. The lowest BCUT2D eigenvalue weighted by Gasteiger charge is -2.28. The van der Waals surface area contributed by atoms with Gasteiger partial charge in [0, 0.05) is 13.1 Å². The third-order valence-electron chi connectivity index (χ3n) is 3.34. The van der Waals surface area contributed by atoms with Crippen molar-refractivity contribution in [2.75, 3.05) is 27.2 Å². The second-order valence-electron chi connectivity index (χ2n) is 6.42. The second-order valence-corrected chi connectivity index (χ2v) is 8.16. The Morgan fingerprint density at radius 3 is 2.43 bits per heavy atom. The quantitative estimate of drug-likeness (QED) is 0.797. The van der Waals surface area contributed by atoms with Crippen LogP contribution >= 0.6 is 0 Å². The number of hydrogen-bond donors (Lipinski definition) is 2. The van der Waals surface area contributed by atoms with Gasteiger partial charge in [0.05, 0.1) is 11.5 Å². The first kappa shape index (κ1) is 18.1. The number of aliphatic hydroxyl groups excluding tert-OH is 1. The van der Waals surface area contributed by atoms with E-state index < -0.39 is 10.0 Å². The van der Waals surface area contributed by atoms with Gasteiger partial charge in [-0.25, -0.2) is 13.1 Å². The van der Waals surface area contributed by atoms with E-state index in [2.05, 4.69) is 4.72 Å². The van der Waals surface area contributed by atoms with Gasteiger partial charge < -0.3 is 10.0 Å². The van der Waals surface area contributed by atoms with Crippen LogP contribution in [0.4, 0.5) is 0 Å². The van der Waals surface area contributed by atoms with Gasteiger partial charge in [-0.15, -0.1) is 0 Å². The van der Waals surface area contributed by atoms with Gasteiger partial charge >= 0.3 is 0 Å². The predicted molar refractivity (Wildman–Crippen MR) is 84.6 cm³/mol. The van der Waals surface area contributed by atoms with Gasteiger partial charge in [-0.05, 0) is 43.6 Å². The van der Waals surface area contributed by atoms with Crippen LogP contribution in [0, 0.1) is 12.3 Å². The van der Waals surface area contributed by atoms with Crippen molar-refractivity contribution < 1.29 is 13.5 Å². The van der Waals surface area contributed by atoms with E-state index in [0.29, 0.717) is 17.7 Å². The monoisotopic (exact) mass is 314 g/mol. The van der Waals surface area contributed by atoms with Gasteiger partial charge in [0.25, 0.3) is 0 Å². The molecular formula is C15H26N2O3S. The molecule has 0 aromatic heterocycles. The maximum absolute atomic E-state index is 12.4. The van der Waals surface area contributed by atoms with Gasteiger partial charge in [0.2, 0.25) is 10.0 Å². The number of benzene rings is 1. The van der Waals surface area contributed by atoms with Crippen molar-refractivity contribution in [1.82, 2.24) is 9.62 Å². The summed E-state index contributed by atoms with van der Waals surface area (Å²) in [6.45, 7) is 6.73. The molecule has 2 N–H and O–H groups in total. The average Bonchev–Trinajstić information content (AvgIpc) is 2.35. The van der Waals surface area contributed by atoms with Gasteiger partial charge in [-0.1, -0.05) is 26.0 Å². The van der Waals surface area contributed by atoms with Crippen molar-refractivity contribution in [3.63, 3.8) is 0 Å². The Bertz CT molecular complexity index is 581. The van der Waals surface area contributed by atoms with E-state index in [1.807, 2.05) is 32.8 Å². The molecule has 5 nitrogen and oxygen atoms in total. The first-order chi connectivity index (χ1) is 9.59. The minimum atomic E-state index is -3.57. The molecule has 21 heavy (non-hydrogen) atoms. The molecule has 1 rings (SSSR count). The Kier molecular flexibility index (Phi) is 5.92. The third kappa shape index (κ3) is 5.07. The highest BCUT2D eigenvalue weighted by atomic mass is 32.2. The van der Waals surface area contributed by atoms with Gasteiger partial charge in [-0.3, -0.25) is 0 Å². The summed E-state index contributed by atoms with van der Waals surface area (Å²) in [5, 5.41) is 9.25. The number of hydrogen-bond acceptors (Lipinski definition) is 4. The first-order valence-electron chi connectivity index (χ1n) is 6.93. The molecule has 0 aliphatic rings. The lowest BCUT2D eigenvalue weighted by Crippen LogP contribution is -2.40. The summed E-state index contributed by atoms with van der Waals surface area (Å²) in [4.78, 5) is 2.26. The number of aliphatic hydroxyl groups is 1.